The minimum absolute atomic E-state index is 0.0287. The van der Waals surface area contributed by atoms with E-state index in [1.807, 2.05) is 48.5 Å². The summed E-state index contributed by atoms with van der Waals surface area (Å²) in [7, 11) is 0. The van der Waals surface area contributed by atoms with Crippen LogP contribution in [0, 0.1) is 0 Å². The van der Waals surface area contributed by atoms with Gasteiger partial charge < -0.3 is 4.42 Å². The maximum Gasteiger partial charge on any atom is 0.193 e. The van der Waals surface area contributed by atoms with Crippen molar-refractivity contribution in [2.45, 2.75) is 0 Å². The fourth-order valence-electron chi connectivity index (χ4n) is 3.54. The molecule has 0 N–H and O–H groups in total. The summed E-state index contributed by atoms with van der Waals surface area (Å²) in [6.45, 7) is 0. The van der Waals surface area contributed by atoms with Crippen molar-refractivity contribution in [2.75, 3.05) is 0 Å². The van der Waals surface area contributed by atoms with Crippen LogP contribution < -0.4 is 5.43 Å². The van der Waals surface area contributed by atoms with E-state index < -0.39 is 0 Å². The Kier molecular flexibility index (Phi) is 3.61. The van der Waals surface area contributed by atoms with Gasteiger partial charge in [0.25, 0.3) is 0 Å². The van der Waals surface area contributed by atoms with Gasteiger partial charge in [-0.3, -0.25) is 4.79 Å². The molecule has 2 nitrogen and oxygen atoms in total. The zero-order chi connectivity index (χ0) is 18.2. The minimum Gasteiger partial charge on any atom is -0.456 e. The molecule has 0 radical (unpaired) electrons. The van der Waals surface area contributed by atoms with Crippen LogP contribution in [0.4, 0.5) is 0 Å². The molecule has 0 saturated carbocycles. The highest BCUT2D eigenvalue weighted by Gasteiger charge is 2.13. The molecule has 0 spiro atoms. The van der Waals surface area contributed by atoms with Crippen LogP contribution in [0.5, 0.6) is 0 Å². The lowest BCUT2D eigenvalue weighted by Gasteiger charge is -2.12. The third-order valence-electron chi connectivity index (χ3n) is 4.87. The van der Waals surface area contributed by atoms with E-state index in [4.69, 9.17) is 4.42 Å². The number of para-hydroxylation sites is 1. The van der Waals surface area contributed by atoms with Gasteiger partial charge in [0.2, 0.25) is 0 Å². The first-order chi connectivity index (χ1) is 13.3. The largest absolute Gasteiger partial charge is 0.456 e. The van der Waals surface area contributed by atoms with Crippen LogP contribution in [0.2, 0.25) is 0 Å². The molecule has 2 heteroatoms. The molecule has 0 fully saturated rings. The molecule has 0 amide bonds. The maximum absolute atomic E-state index is 12.6. The topological polar surface area (TPSA) is 30.2 Å². The number of benzene rings is 4. The van der Waals surface area contributed by atoms with Crippen molar-refractivity contribution >= 4 is 21.7 Å². The van der Waals surface area contributed by atoms with Gasteiger partial charge in [0, 0.05) is 11.6 Å². The van der Waals surface area contributed by atoms with Gasteiger partial charge >= 0.3 is 0 Å². The average molecular weight is 348 g/mol. The highest BCUT2D eigenvalue weighted by atomic mass is 16.3. The van der Waals surface area contributed by atoms with Gasteiger partial charge in [0.1, 0.15) is 11.3 Å². The fourth-order valence-corrected chi connectivity index (χ4v) is 3.54. The van der Waals surface area contributed by atoms with E-state index in [2.05, 4.69) is 36.4 Å². The number of hydrogen-bond donors (Lipinski definition) is 0. The van der Waals surface area contributed by atoms with Crippen LogP contribution in [-0.4, -0.2) is 0 Å². The molecule has 0 unspecified atom stereocenters. The van der Waals surface area contributed by atoms with Crippen molar-refractivity contribution in [3.05, 3.63) is 107 Å². The fraction of sp³-hybridized carbons (Fsp3) is 0. The highest BCUT2D eigenvalue weighted by molar-refractivity contribution is 5.96. The zero-order valence-electron chi connectivity index (χ0n) is 14.6. The molecule has 0 atom stereocenters. The lowest BCUT2D eigenvalue weighted by atomic mass is 9.94. The van der Waals surface area contributed by atoms with Crippen LogP contribution in [0.15, 0.2) is 106 Å². The van der Waals surface area contributed by atoms with E-state index in [1.165, 1.54) is 0 Å². The Labute approximate surface area is 156 Å². The Balaban J connectivity index is 1.85. The van der Waals surface area contributed by atoms with Crippen LogP contribution in [0.25, 0.3) is 44.2 Å². The Morgan fingerprint density at radius 3 is 2.00 bits per heavy atom. The zero-order valence-corrected chi connectivity index (χ0v) is 14.6. The van der Waals surface area contributed by atoms with Crippen molar-refractivity contribution in [3.8, 4) is 22.5 Å². The lowest BCUT2D eigenvalue weighted by Crippen LogP contribution is -2.00. The van der Waals surface area contributed by atoms with E-state index in [9.17, 15) is 4.79 Å². The average Bonchev–Trinajstić information content (AvgIpc) is 2.73. The quantitative estimate of drug-likeness (QED) is 0.376. The molecule has 5 rings (SSSR count). The van der Waals surface area contributed by atoms with Crippen LogP contribution >= 0.6 is 0 Å². The van der Waals surface area contributed by atoms with Gasteiger partial charge in [0.15, 0.2) is 5.43 Å². The Morgan fingerprint density at radius 1 is 0.593 bits per heavy atom. The lowest BCUT2D eigenvalue weighted by molar-refractivity contribution is 0.619. The van der Waals surface area contributed by atoms with Gasteiger partial charge in [0.05, 0.1) is 5.39 Å². The predicted octanol–water partition coefficient (Wildman–Crippen LogP) is 6.28. The maximum atomic E-state index is 12.6. The summed E-state index contributed by atoms with van der Waals surface area (Å²) < 4.78 is 6.14. The van der Waals surface area contributed by atoms with Gasteiger partial charge in [-0.05, 0) is 46.2 Å². The second-order valence-corrected chi connectivity index (χ2v) is 6.58. The van der Waals surface area contributed by atoms with E-state index in [0.29, 0.717) is 16.7 Å². The van der Waals surface area contributed by atoms with Crippen molar-refractivity contribution in [1.29, 1.82) is 0 Å². The second-order valence-electron chi connectivity index (χ2n) is 6.58. The van der Waals surface area contributed by atoms with Crippen molar-refractivity contribution in [3.63, 3.8) is 0 Å². The van der Waals surface area contributed by atoms with E-state index >= 15 is 0 Å². The van der Waals surface area contributed by atoms with Gasteiger partial charge in [-0.1, -0.05) is 66.7 Å². The summed E-state index contributed by atoms with van der Waals surface area (Å²) in [5.74, 6) is 0.586. The van der Waals surface area contributed by atoms with E-state index in [0.717, 1.165) is 27.5 Å². The van der Waals surface area contributed by atoms with Gasteiger partial charge in [-0.25, -0.2) is 0 Å². The molecular weight excluding hydrogens is 332 g/mol. The highest BCUT2D eigenvalue weighted by Crippen LogP contribution is 2.36. The molecule has 27 heavy (non-hydrogen) atoms. The summed E-state index contributed by atoms with van der Waals surface area (Å²) in [5.41, 5.74) is 3.63. The predicted molar refractivity (Wildman–Crippen MR) is 111 cm³/mol. The third kappa shape index (κ3) is 2.72. The summed E-state index contributed by atoms with van der Waals surface area (Å²) >= 11 is 0. The first-order valence-corrected chi connectivity index (χ1v) is 8.91. The molecule has 0 aliphatic rings. The van der Waals surface area contributed by atoms with Crippen molar-refractivity contribution in [1.82, 2.24) is 0 Å². The molecule has 1 heterocycles. The summed E-state index contributed by atoms with van der Waals surface area (Å²) in [6, 6.07) is 31.6. The molecule has 0 aliphatic carbocycles. The molecule has 1 aromatic heterocycles. The Morgan fingerprint density at radius 2 is 1.22 bits per heavy atom. The SMILES string of the molecule is O=c1cc(-c2cc3ccccc3cc2-c2ccccc2)oc2ccccc12. The monoisotopic (exact) mass is 348 g/mol. The molecular formula is C25H16O2. The first-order valence-electron chi connectivity index (χ1n) is 8.91. The smallest absolute Gasteiger partial charge is 0.193 e. The molecule has 128 valence electrons. The van der Waals surface area contributed by atoms with Crippen LogP contribution in [0.1, 0.15) is 0 Å². The van der Waals surface area contributed by atoms with Crippen LogP contribution in [-0.2, 0) is 0 Å². The molecule has 0 bridgehead atoms. The second kappa shape index (κ2) is 6.26. The van der Waals surface area contributed by atoms with Crippen LogP contribution in [0.3, 0.4) is 0 Å². The summed E-state index contributed by atoms with van der Waals surface area (Å²) in [6.07, 6.45) is 0. The van der Waals surface area contributed by atoms with Crippen molar-refractivity contribution < 1.29 is 4.42 Å². The Bertz CT molecular complexity index is 1330. The number of rotatable bonds is 2. The number of fused-ring (bicyclic) bond motifs is 2. The molecule has 0 saturated heterocycles. The third-order valence-corrected chi connectivity index (χ3v) is 4.87. The first kappa shape index (κ1) is 15.6. The minimum atomic E-state index is -0.0287. The molecule has 0 aliphatic heterocycles. The molecule has 4 aromatic carbocycles. The van der Waals surface area contributed by atoms with Crippen molar-refractivity contribution in [2.24, 2.45) is 0 Å². The summed E-state index contributed by atoms with van der Waals surface area (Å²) in [5, 5.41) is 2.87. The van der Waals surface area contributed by atoms with E-state index in [-0.39, 0.29) is 5.43 Å². The summed E-state index contributed by atoms with van der Waals surface area (Å²) in [4.78, 5) is 12.6. The Hall–Kier alpha value is -3.65. The molecule has 5 aromatic rings. The van der Waals surface area contributed by atoms with E-state index in [1.54, 1.807) is 12.1 Å². The standard InChI is InChI=1S/C25H16O2/c26-23-16-25(27-24-13-7-6-12-20(23)24)22-15-19-11-5-4-10-18(19)14-21(22)17-8-2-1-3-9-17/h1-16H. The number of hydrogen-bond acceptors (Lipinski definition) is 2. The normalized spacial score (nSPS) is 11.1. The van der Waals surface area contributed by atoms with Gasteiger partial charge in [-0.2, -0.15) is 0 Å². The van der Waals surface area contributed by atoms with Gasteiger partial charge in [-0.15, -0.1) is 0 Å².